The van der Waals surface area contributed by atoms with Crippen LogP contribution in [0.2, 0.25) is 0 Å². The second-order valence-electron chi connectivity index (χ2n) is 7.03. The van der Waals surface area contributed by atoms with Crippen molar-refractivity contribution in [2.75, 3.05) is 13.1 Å². The summed E-state index contributed by atoms with van der Waals surface area (Å²) in [6, 6.07) is 17.9. The molecule has 1 aromatic heterocycles. The standard InChI is InChI=1S/C23H22N4O/c1-24-21-6-2-19(3-7-21)20-4-8-22(9-5-20)28-23-11-14-27(15-12-23)17-18-10-13-25-26-16-18/h2-10,13,16,23H,11-12,14-15,17H2. The normalized spacial score (nSPS) is 15.1. The van der Waals surface area contributed by atoms with E-state index in [-0.39, 0.29) is 6.10 Å². The van der Waals surface area contributed by atoms with Gasteiger partial charge >= 0.3 is 0 Å². The van der Waals surface area contributed by atoms with Crippen LogP contribution in [-0.4, -0.2) is 34.3 Å². The highest BCUT2D eigenvalue weighted by Crippen LogP contribution is 2.26. The summed E-state index contributed by atoms with van der Waals surface area (Å²) in [6.45, 7) is 10.0. The van der Waals surface area contributed by atoms with E-state index in [9.17, 15) is 0 Å². The molecule has 0 atom stereocenters. The Balaban J connectivity index is 1.30. The number of benzene rings is 2. The van der Waals surface area contributed by atoms with Crippen LogP contribution < -0.4 is 4.74 Å². The SMILES string of the molecule is [C-]#[N+]c1ccc(-c2ccc(OC3CCN(Cc4ccnnc4)CC3)cc2)cc1. The zero-order valence-electron chi connectivity index (χ0n) is 15.7. The highest BCUT2D eigenvalue weighted by Gasteiger charge is 2.20. The van der Waals surface area contributed by atoms with E-state index in [1.807, 2.05) is 48.7 Å². The fourth-order valence-corrected chi connectivity index (χ4v) is 3.50. The van der Waals surface area contributed by atoms with Crippen LogP contribution in [0.1, 0.15) is 18.4 Å². The molecular weight excluding hydrogens is 348 g/mol. The monoisotopic (exact) mass is 370 g/mol. The maximum Gasteiger partial charge on any atom is 0.187 e. The molecule has 0 amide bonds. The number of rotatable bonds is 5. The van der Waals surface area contributed by atoms with E-state index in [2.05, 4.69) is 32.1 Å². The van der Waals surface area contributed by atoms with Gasteiger partial charge in [-0.25, -0.2) is 4.85 Å². The summed E-state index contributed by atoms with van der Waals surface area (Å²) < 4.78 is 6.19. The van der Waals surface area contributed by atoms with Gasteiger partial charge in [-0.05, 0) is 47.7 Å². The Hall–Kier alpha value is -3.23. The van der Waals surface area contributed by atoms with Crippen LogP contribution >= 0.6 is 0 Å². The molecular formula is C23H22N4O. The molecule has 5 heteroatoms. The summed E-state index contributed by atoms with van der Waals surface area (Å²) in [5.74, 6) is 0.915. The number of piperidine rings is 1. The molecule has 0 bridgehead atoms. The number of hydrogen-bond acceptors (Lipinski definition) is 4. The second kappa shape index (κ2) is 8.64. The quantitative estimate of drug-likeness (QED) is 0.609. The van der Waals surface area contributed by atoms with Gasteiger partial charge in [-0.15, -0.1) is 0 Å². The number of likely N-dealkylation sites (tertiary alicyclic amines) is 1. The third kappa shape index (κ3) is 4.54. The maximum absolute atomic E-state index is 7.04. The molecule has 0 unspecified atom stereocenters. The van der Waals surface area contributed by atoms with Gasteiger partial charge in [-0.3, -0.25) is 4.90 Å². The van der Waals surface area contributed by atoms with Crippen molar-refractivity contribution in [2.45, 2.75) is 25.5 Å². The van der Waals surface area contributed by atoms with Gasteiger partial charge in [0.2, 0.25) is 0 Å². The van der Waals surface area contributed by atoms with E-state index >= 15 is 0 Å². The lowest BCUT2D eigenvalue weighted by Gasteiger charge is -2.32. The van der Waals surface area contributed by atoms with Gasteiger partial charge in [0.05, 0.1) is 12.8 Å². The van der Waals surface area contributed by atoms with Crippen LogP contribution in [0, 0.1) is 6.57 Å². The summed E-state index contributed by atoms with van der Waals surface area (Å²) in [7, 11) is 0. The molecule has 1 fully saturated rings. The van der Waals surface area contributed by atoms with Crippen molar-refractivity contribution in [3.8, 4) is 16.9 Å². The zero-order valence-corrected chi connectivity index (χ0v) is 15.7. The topological polar surface area (TPSA) is 42.6 Å². The zero-order chi connectivity index (χ0) is 19.2. The molecule has 0 spiro atoms. The molecule has 4 rings (SSSR count). The lowest BCUT2D eigenvalue weighted by atomic mass is 10.0. The molecule has 28 heavy (non-hydrogen) atoms. The van der Waals surface area contributed by atoms with Crippen molar-refractivity contribution in [1.82, 2.24) is 15.1 Å². The van der Waals surface area contributed by atoms with Crippen LogP contribution in [0.5, 0.6) is 5.75 Å². The van der Waals surface area contributed by atoms with E-state index in [0.29, 0.717) is 5.69 Å². The summed E-state index contributed by atoms with van der Waals surface area (Å²) >= 11 is 0. The van der Waals surface area contributed by atoms with E-state index in [1.165, 1.54) is 5.56 Å². The third-order valence-corrected chi connectivity index (χ3v) is 5.07. The van der Waals surface area contributed by atoms with Gasteiger partial charge in [0.15, 0.2) is 5.69 Å². The van der Waals surface area contributed by atoms with Gasteiger partial charge in [-0.1, -0.05) is 36.4 Å². The molecule has 0 saturated carbocycles. The average Bonchev–Trinajstić information content (AvgIpc) is 2.76. The lowest BCUT2D eigenvalue weighted by Crippen LogP contribution is -2.37. The number of hydrogen-bond donors (Lipinski definition) is 0. The maximum atomic E-state index is 7.04. The van der Waals surface area contributed by atoms with Crippen molar-refractivity contribution < 1.29 is 4.74 Å². The fourth-order valence-electron chi connectivity index (χ4n) is 3.50. The average molecular weight is 370 g/mol. The molecule has 0 aliphatic carbocycles. The minimum absolute atomic E-state index is 0.260. The molecule has 0 radical (unpaired) electrons. The van der Waals surface area contributed by atoms with Crippen molar-refractivity contribution in [1.29, 1.82) is 0 Å². The van der Waals surface area contributed by atoms with E-state index in [0.717, 1.165) is 49.4 Å². The Kier molecular flexibility index (Phi) is 5.60. The van der Waals surface area contributed by atoms with Crippen LogP contribution in [0.3, 0.4) is 0 Å². The Labute approximate surface area is 165 Å². The molecule has 2 aromatic carbocycles. The molecule has 2 heterocycles. The summed E-state index contributed by atoms with van der Waals surface area (Å²) in [5.41, 5.74) is 4.10. The Morgan fingerprint density at radius 1 is 0.929 bits per heavy atom. The van der Waals surface area contributed by atoms with Gasteiger partial charge in [0, 0.05) is 25.8 Å². The molecule has 1 aliphatic heterocycles. The molecule has 3 aromatic rings. The minimum Gasteiger partial charge on any atom is -0.490 e. The summed E-state index contributed by atoms with van der Waals surface area (Å²) in [5, 5.41) is 7.77. The lowest BCUT2D eigenvalue weighted by molar-refractivity contribution is 0.0967. The molecule has 1 saturated heterocycles. The Morgan fingerprint density at radius 2 is 1.61 bits per heavy atom. The smallest absolute Gasteiger partial charge is 0.187 e. The molecule has 1 aliphatic rings. The Morgan fingerprint density at radius 3 is 2.21 bits per heavy atom. The summed E-state index contributed by atoms with van der Waals surface area (Å²) in [6.07, 6.45) is 5.89. The largest absolute Gasteiger partial charge is 0.490 e. The van der Waals surface area contributed by atoms with E-state index < -0.39 is 0 Å². The van der Waals surface area contributed by atoms with Crippen molar-refractivity contribution in [3.05, 3.63) is 84.0 Å². The number of aromatic nitrogens is 2. The van der Waals surface area contributed by atoms with Gasteiger partial charge in [0.25, 0.3) is 0 Å². The van der Waals surface area contributed by atoms with E-state index in [1.54, 1.807) is 6.20 Å². The van der Waals surface area contributed by atoms with E-state index in [4.69, 9.17) is 11.3 Å². The molecule has 140 valence electrons. The second-order valence-corrected chi connectivity index (χ2v) is 7.03. The van der Waals surface area contributed by atoms with Crippen molar-refractivity contribution in [2.24, 2.45) is 0 Å². The predicted molar refractivity (Wildman–Crippen MR) is 109 cm³/mol. The molecule has 5 nitrogen and oxygen atoms in total. The first-order valence-corrected chi connectivity index (χ1v) is 9.53. The predicted octanol–water partition coefficient (Wildman–Crippen LogP) is 4.74. The minimum atomic E-state index is 0.260. The van der Waals surface area contributed by atoms with Gasteiger partial charge in [-0.2, -0.15) is 10.2 Å². The van der Waals surface area contributed by atoms with Crippen LogP contribution in [0.4, 0.5) is 5.69 Å². The first-order valence-electron chi connectivity index (χ1n) is 9.53. The number of nitrogens with zero attached hydrogens (tertiary/aromatic N) is 4. The summed E-state index contributed by atoms with van der Waals surface area (Å²) in [4.78, 5) is 5.87. The first-order chi connectivity index (χ1) is 13.8. The molecule has 0 N–H and O–H groups in total. The number of ether oxygens (including phenoxy) is 1. The van der Waals surface area contributed by atoms with Crippen molar-refractivity contribution in [3.63, 3.8) is 0 Å². The van der Waals surface area contributed by atoms with Crippen LogP contribution in [-0.2, 0) is 6.54 Å². The first kappa shape index (κ1) is 18.1. The highest BCUT2D eigenvalue weighted by molar-refractivity contribution is 5.66. The fraction of sp³-hybridized carbons (Fsp3) is 0.261. The highest BCUT2D eigenvalue weighted by atomic mass is 16.5. The van der Waals surface area contributed by atoms with Gasteiger partial charge < -0.3 is 4.74 Å². The Bertz CT molecular complexity index is 925. The van der Waals surface area contributed by atoms with Crippen LogP contribution in [0.25, 0.3) is 16.0 Å². The van der Waals surface area contributed by atoms with Crippen molar-refractivity contribution >= 4 is 5.69 Å². The van der Waals surface area contributed by atoms with Crippen LogP contribution in [0.15, 0.2) is 67.0 Å². The third-order valence-electron chi connectivity index (χ3n) is 5.07. The van der Waals surface area contributed by atoms with Gasteiger partial charge in [0.1, 0.15) is 11.9 Å².